The fourth-order valence-corrected chi connectivity index (χ4v) is 5.11. The molecule has 1 aromatic carbocycles. The summed E-state index contributed by atoms with van der Waals surface area (Å²) in [7, 11) is 1.40. The number of carbonyl (C=O) groups excluding carboxylic acids is 2. The second kappa shape index (κ2) is 10.0. The molecule has 4 aromatic rings. The smallest absolute Gasteiger partial charge is 0.424 e. The fraction of sp³-hybridized carbons (Fsp3) is 0.333. The molecule has 0 radical (unpaired) electrons. The van der Waals surface area contributed by atoms with Gasteiger partial charge in [0.15, 0.2) is 0 Å². The number of aromatic nitrogens is 3. The molecule has 0 spiro atoms. The van der Waals surface area contributed by atoms with Crippen molar-refractivity contribution in [1.82, 2.24) is 19.9 Å². The lowest BCUT2D eigenvalue weighted by Crippen LogP contribution is -2.51. The van der Waals surface area contributed by atoms with Gasteiger partial charge in [-0.25, -0.2) is 13.9 Å². The first-order valence-corrected chi connectivity index (χ1v) is 13.4. The lowest BCUT2D eigenvalue weighted by molar-refractivity contribution is -0.265. The molecule has 3 aromatic heterocycles. The summed E-state index contributed by atoms with van der Waals surface area (Å²) < 4.78 is 70.1. The molecule has 9 nitrogen and oxygen atoms in total. The molecule has 0 bridgehead atoms. The summed E-state index contributed by atoms with van der Waals surface area (Å²) in [6.07, 6.45) is -1.42. The van der Waals surface area contributed by atoms with E-state index in [2.05, 4.69) is 15.4 Å². The van der Waals surface area contributed by atoms with E-state index in [4.69, 9.17) is 9.47 Å². The maximum atomic E-state index is 14.6. The van der Waals surface area contributed by atoms with E-state index in [-0.39, 0.29) is 34.7 Å². The molecule has 1 fully saturated rings. The number of carbonyl (C=O) groups is 2. The molecular formula is C30H26F4N4O5. The average molecular weight is 599 g/mol. The first-order chi connectivity index (χ1) is 20.4. The van der Waals surface area contributed by atoms with Crippen LogP contribution in [0, 0.1) is 5.82 Å². The van der Waals surface area contributed by atoms with Gasteiger partial charge in [0.25, 0.3) is 5.91 Å². The number of hydrogen-bond acceptors (Lipinski definition) is 7. The third-order valence-corrected chi connectivity index (χ3v) is 7.91. The van der Waals surface area contributed by atoms with Crippen LogP contribution in [0.2, 0.25) is 0 Å². The van der Waals surface area contributed by atoms with Crippen molar-refractivity contribution in [2.45, 2.75) is 42.9 Å². The van der Waals surface area contributed by atoms with Crippen molar-refractivity contribution in [3.05, 3.63) is 77.0 Å². The van der Waals surface area contributed by atoms with Gasteiger partial charge in [0.05, 0.1) is 36.0 Å². The quantitative estimate of drug-likeness (QED) is 0.228. The molecule has 2 N–H and O–H groups in total. The van der Waals surface area contributed by atoms with Crippen LogP contribution in [0.15, 0.2) is 48.7 Å². The number of pyridine rings is 2. The summed E-state index contributed by atoms with van der Waals surface area (Å²) in [5.41, 5.74) is -4.36. The van der Waals surface area contributed by atoms with Crippen LogP contribution in [-0.4, -0.2) is 58.3 Å². The number of alkyl halides is 3. The number of halogens is 4. The molecule has 0 saturated heterocycles. The number of aldehydes is 1. The Hall–Kier alpha value is -4.52. The molecule has 1 saturated carbocycles. The van der Waals surface area contributed by atoms with Gasteiger partial charge in [-0.15, -0.1) is 0 Å². The molecular weight excluding hydrogens is 572 g/mol. The van der Waals surface area contributed by atoms with Gasteiger partial charge in [-0.3, -0.25) is 4.79 Å². The number of benzene rings is 1. The fourth-order valence-electron chi connectivity index (χ4n) is 5.11. The number of fused-ring (bicyclic) bond motifs is 2. The summed E-state index contributed by atoms with van der Waals surface area (Å²) >= 11 is 0. The van der Waals surface area contributed by atoms with Crippen LogP contribution in [0.25, 0.3) is 16.8 Å². The number of amides is 1. The van der Waals surface area contributed by atoms with Crippen molar-refractivity contribution in [3.63, 3.8) is 0 Å². The first-order valence-electron chi connectivity index (χ1n) is 13.4. The molecule has 13 heteroatoms. The topological polar surface area (TPSA) is 115 Å². The Morgan fingerprint density at radius 1 is 1.23 bits per heavy atom. The van der Waals surface area contributed by atoms with E-state index in [1.165, 1.54) is 42.9 Å². The lowest BCUT2D eigenvalue weighted by atomic mass is 9.83. The number of hydrogen-bond donors (Lipinski definition) is 2. The van der Waals surface area contributed by atoms with Crippen molar-refractivity contribution < 1.29 is 41.7 Å². The van der Waals surface area contributed by atoms with E-state index >= 15 is 0 Å². The minimum atomic E-state index is -5.32. The van der Waals surface area contributed by atoms with Gasteiger partial charge in [0.2, 0.25) is 5.60 Å². The van der Waals surface area contributed by atoms with Crippen LogP contribution >= 0.6 is 0 Å². The Morgan fingerprint density at radius 2 is 1.95 bits per heavy atom. The van der Waals surface area contributed by atoms with Crippen LogP contribution in [0.4, 0.5) is 17.6 Å². The highest BCUT2D eigenvalue weighted by Gasteiger charge is 2.57. The highest BCUT2D eigenvalue weighted by atomic mass is 19.4. The van der Waals surface area contributed by atoms with E-state index < -0.39 is 41.2 Å². The van der Waals surface area contributed by atoms with Gasteiger partial charge in [0.1, 0.15) is 41.4 Å². The van der Waals surface area contributed by atoms with Crippen molar-refractivity contribution in [1.29, 1.82) is 0 Å². The SMILES string of the molecule is COc1cc(C(=O)NCC(O)(c2cc3c(c(-c4ccc(F)cc4)n2)OC[C@]3(C)C=O)C(F)(F)F)cn2nc(C3CC3)cc12. The molecule has 1 amide bonds. The molecule has 1 unspecified atom stereocenters. The summed E-state index contributed by atoms with van der Waals surface area (Å²) in [6.45, 7) is -0.00606. The van der Waals surface area contributed by atoms with Crippen molar-refractivity contribution in [2.75, 3.05) is 20.3 Å². The number of methoxy groups -OCH3 is 1. The predicted molar refractivity (Wildman–Crippen MR) is 145 cm³/mol. The highest BCUT2D eigenvalue weighted by molar-refractivity contribution is 5.95. The summed E-state index contributed by atoms with van der Waals surface area (Å²) in [6, 6.07) is 8.96. The number of ether oxygens (including phenoxy) is 2. The van der Waals surface area contributed by atoms with E-state index in [1.54, 1.807) is 0 Å². The van der Waals surface area contributed by atoms with Gasteiger partial charge in [0, 0.05) is 23.2 Å². The number of aliphatic hydroxyl groups is 1. The monoisotopic (exact) mass is 598 g/mol. The summed E-state index contributed by atoms with van der Waals surface area (Å²) in [5, 5.41) is 17.9. The number of nitrogens with zero attached hydrogens (tertiary/aromatic N) is 3. The third kappa shape index (κ3) is 4.86. The normalized spacial score (nSPS) is 19.4. The zero-order valence-electron chi connectivity index (χ0n) is 23.0. The van der Waals surface area contributed by atoms with Crippen molar-refractivity contribution >= 4 is 17.7 Å². The Morgan fingerprint density at radius 3 is 2.58 bits per heavy atom. The Labute approximate surface area is 242 Å². The van der Waals surface area contributed by atoms with Crippen LogP contribution in [0.5, 0.6) is 11.5 Å². The van der Waals surface area contributed by atoms with Gasteiger partial charge in [-0.05, 0) is 62.2 Å². The highest BCUT2D eigenvalue weighted by Crippen LogP contribution is 2.47. The van der Waals surface area contributed by atoms with Crippen LogP contribution in [0.3, 0.4) is 0 Å². The molecule has 4 heterocycles. The minimum Gasteiger partial charge on any atom is -0.494 e. The molecule has 6 rings (SSSR count). The van der Waals surface area contributed by atoms with Crippen molar-refractivity contribution in [3.8, 4) is 22.8 Å². The maximum absolute atomic E-state index is 14.6. The van der Waals surface area contributed by atoms with Gasteiger partial charge >= 0.3 is 6.18 Å². The van der Waals surface area contributed by atoms with E-state index in [1.807, 2.05) is 6.07 Å². The van der Waals surface area contributed by atoms with Crippen LogP contribution in [0.1, 0.15) is 53.0 Å². The van der Waals surface area contributed by atoms with E-state index in [9.17, 15) is 32.3 Å². The molecule has 1 aliphatic carbocycles. The molecule has 224 valence electrons. The predicted octanol–water partition coefficient (Wildman–Crippen LogP) is 4.45. The molecule has 2 aliphatic rings. The lowest BCUT2D eigenvalue weighted by Gasteiger charge is -2.31. The Bertz CT molecular complexity index is 1750. The van der Waals surface area contributed by atoms with Gasteiger partial charge in [-0.1, -0.05) is 0 Å². The van der Waals surface area contributed by atoms with Crippen LogP contribution in [-0.2, 0) is 15.8 Å². The number of nitrogens with one attached hydrogen (secondary N) is 1. The van der Waals surface area contributed by atoms with Gasteiger partial charge < -0.3 is 24.7 Å². The zero-order valence-corrected chi connectivity index (χ0v) is 23.0. The molecule has 1 aliphatic heterocycles. The summed E-state index contributed by atoms with van der Waals surface area (Å²) in [5.74, 6) is -0.847. The Kier molecular flexibility index (Phi) is 6.68. The molecule has 2 atom stereocenters. The van der Waals surface area contributed by atoms with E-state index in [0.29, 0.717) is 23.5 Å². The van der Waals surface area contributed by atoms with E-state index in [0.717, 1.165) is 36.7 Å². The summed E-state index contributed by atoms with van der Waals surface area (Å²) in [4.78, 5) is 29.3. The second-order valence-corrected chi connectivity index (χ2v) is 11.1. The molecule has 43 heavy (non-hydrogen) atoms. The van der Waals surface area contributed by atoms with Crippen molar-refractivity contribution in [2.24, 2.45) is 0 Å². The zero-order chi connectivity index (χ0) is 30.7. The third-order valence-electron chi connectivity index (χ3n) is 7.91. The van der Waals surface area contributed by atoms with Gasteiger partial charge in [-0.2, -0.15) is 18.3 Å². The minimum absolute atomic E-state index is 0.0451. The van der Waals surface area contributed by atoms with Crippen LogP contribution < -0.4 is 14.8 Å². The standard InChI is InChI=1S/C30H26F4N4O5/c1-28(14-39)15-43-26-20(28)10-24(36-25(26)17-5-7-19(31)8-6-17)29(41,30(32,33)34)13-35-27(40)18-9-23(42-2)22-11-21(16-3-4-16)37-38(22)12-18/h5-12,14,16,41H,3-4,13,15H2,1-2H3,(H,35,40)/t28-,29?/m0/s1. The average Bonchev–Trinajstić information content (AvgIpc) is 3.66. The second-order valence-electron chi connectivity index (χ2n) is 11.1. The Balaban J connectivity index is 1.38. The number of rotatable bonds is 8. The largest absolute Gasteiger partial charge is 0.494 e. The first kappa shape index (κ1) is 28.6. The maximum Gasteiger partial charge on any atom is 0.424 e.